The summed E-state index contributed by atoms with van der Waals surface area (Å²) in [5.74, 6) is 0.585. The number of nitrogens with one attached hydrogen (secondary N) is 1. The fourth-order valence-electron chi connectivity index (χ4n) is 4.12. The molecule has 2 unspecified atom stereocenters. The lowest BCUT2D eigenvalue weighted by atomic mass is 9.66. The Balaban J connectivity index is 2.10. The van der Waals surface area contributed by atoms with Crippen molar-refractivity contribution in [3.8, 4) is 0 Å². The quantitative estimate of drug-likeness (QED) is 0.834. The number of hydrogen-bond acceptors (Lipinski definition) is 2. The summed E-state index contributed by atoms with van der Waals surface area (Å²) < 4.78 is 0. The number of nitrogens with zero attached hydrogens (tertiary/aromatic N) is 1. The van der Waals surface area contributed by atoms with Crippen molar-refractivity contribution < 1.29 is 0 Å². The molecule has 0 aromatic heterocycles. The highest BCUT2D eigenvalue weighted by Crippen LogP contribution is 2.41. The second kappa shape index (κ2) is 7.04. The summed E-state index contributed by atoms with van der Waals surface area (Å²) in [6.07, 6.45) is 1.10. The van der Waals surface area contributed by atoms with Gasteiger partial charge in [-0.15, -0.1) is 0 Å². The molecule has 1 aliphatic heterocycles. The molecule has 2 nitrogen and oxygen atoms in total. The van der Waals surface area contributed by atoms with Crippen molar-refractivity contribution in [2.75, 3.05) is 27.2 Å². The molecule has 1 heterocycles. The van der Waals surface area contributed by atoms with Gasteiger partial charge in [0, 0.05) is 24.1 Å². The molecule has 1 aliphatic rings. The lowest BCUT2D eigenvalue weighted by Gasteiger charge is -2.42. The van der Waals surface area contributed by atoms with E-state index in [1.165, 1.54) is 16.7 Å². The molecule has 24 heavy (non-hydrogen) atoms. The van der Waals surface area contributed by atoms with Gasteiger partial charge in [-0.1, -0.05) is 73.7 Å². The van der Waals surface area contributed by atoms with E-state index in [-0.39, 0.29) is 5.41 Å². The van der Waals surface area contributed by atoms with E-state index in [9.17, 15) is 0 Å². The zero-order chi connectivity index (χ0) is 17.2. The van der Waals surface area contributed by atoms with E-state index in [1.807, 2.05) is 0 Å². The third-order valence-corrected chi connectivity index (χ3v) is 5.30. The van der Waals surface area contributed by atoms with Crippen LogP contribution in [0, 0.1) is 5.92 Å². The predicted octanol–water partition coefficient (Wildman–Crippen LogP) is 3.84. The molecule has 0 bridgehead atoms. The van der Waals surface area contributed by atoms with Crippen LogP contribution >= 0.6 is 12.2 Å². The summed E-state index contributed by atoms with van der Waals surface area (Å²) in [5.41, 5.74) is 3.89. The van der Waals surface area contributed by atoms with Gasteiger partial charge in [-0.3, -0.25) is 0 Å². The molecule has 0 spiro atoms. The van der Waals surface area contributed by atoms with Crippen LogP contribution in [-0.4, -0.2) is 37.1 Å². The maximum Gasteiger partial charge on any atom is 0.106 e. The maximum atomic E-state index is 5.58. The van der Waals surface area contributed by atoms with Gasteiger partial charge in [-0.25, -0.2) is 0 Å². The summed E-state index contributed by atoms with van der Waals surface area (Å²) >= 11 is 5.58. The fourth-order valence-corrected chi connectivity index (χ4v) is 4.37. The van der Waals surface area contributed by atoms with Gasteiger partial charge in [0.25, 0.3) is 0 Å². The Morgan fingerprint density at radius 1 is 1.08 bits per heavy atom. The summed E-state index contributed by atoms with van der Waals surface area (Å²) in [5, 5.41) is 3.50. The summed E-state index contributed by atoms with van der Waals surface area (Å²) in [4.78, 5) is 3.15. The minimum atomic E-state index is -0.0322. The molecule has 0 fully saturated rings. The number of thiocarbonyl (C=S) groups is 1. The first kappa shape index (κ1) is 17.1. The van der Waals surface area contributed by atoms with Crippen LogP contribution in [0.25, 0.3) is 0 Å². The second-order valence-corrected chi connectivity index (χ2v) is 7.66. The minimum Gasteiger partial charge on any atom is -0.375 e. The topological polar surface area (TPSA) is 15.3 Å². The highest BCUT2D eigenvalue weighted by Gasteiger charge is 2.40. The average Bonchev–Trinajstić information content (AvgIpc) is 2.58. The first-order valence-electron chi connectivity index (χ1n) is 8.61. The van der Waals surface area contributed by atoms with Crippen LogP contribution in [0.5, 0.6) is 0 Å². The van der Waals surface area contributed by atoms with Crippen LogP contribution in [0.15, 0.2) is 54.6 Å². The van der Waals surface area contributed by atoms with E-state index in [1.54, 1.807) is 0 Å². The molecule has 1 N–H and O–H groups in total. The maximum absolute atomic E-state index is 5.58. The average molecular weight is 339 g/mol. The third-order valence-electron chi connectivity index (χ3n) is 4.94. The molecule has 2 atom stereocenters. The van der Waals surface area contributed by atoms with E-state index in [4.69, 9.17) is 12.2 Å². The Kier molecular flexibility index (Phi) is 5.02. The summed E-state index contributed by atoms with van der Waals surface area (Å²) in [6, 6.07) is 19.5. The number of benzene rings is 2. The first-order valence-corrected chi connectivity index (χ1v) is 9.02. The molecule has 2 aromatic carbocycles. The lowest BCUT2D eigenvalue weighted by Crippen LogP contribution is -2.48. The van der Waals surface area contributed by atoms with E-state index >= 15 is 0 Å². The van der Waals surface area contributed by atoms with Crippen LogP contribution in [0.2, 0.25) is 0 Å². The molecule has 0 radical (unpaired) electrons. The van der Waals surface area contributed by atoms with Gasteiger partial charge in [0.2, 0.25) is 0 Å². The monoisotopic (exact) mass is 338 g/mol. The highest BCUT2D eigenvalue weighted by molar-refractivity contribution is 7.80. The zero-order valence-electron chi connectivity index (χ0n) is 14.8. The van der Waals surface area contributed by atoms with Gasteiger partial charge in [0.05, 0.1) is 0 Å². The largest absolute Gasteiger partial charge is 0.375 e. The Labute approximate surface area is 150 Å². The molecule has 126 valence electrons. The van der Waals surface area contributed by atoms with Crippen molar-refractivity contribution in [3.63, 3.8) is 0 Å². The van der Waals surface area contributed by atoms with Gasteiger partial charge in [0.15, 0.2) is 0 Å². The van der Waals surface area contributed by atoms with Crippen LogP contribution in [-0.2, 0) is 5.41 Å². The lowest BCUT2D eigenvalue weighted by molar-refractivity contribution is 0.285. The fraction of sp³-hybridized carbons (Fsp3) is 0.381. The van der Waals surface area contributed by atoms with Gasteiger partial charge >= 0.3 is 0 Å². The number of fused-ring (bicyclic) bond motifs is 1. The zero-order valence-corrected chi connectivity index (χ0v) is 15.6. The molecular formula is C21H26N2S. The van der Waals surface area contributed by atoms with Crippen LogP contribution < -0.4 is 5.32 Å². The van der Waals surface area contributed by atoms with Gasteiger partial charge in [-0.05, 0) is 37.6 Å². The Morgan fingerprint density at radius 2 is 1.75 bits per heavy atom. The minimum absolute atomic E-state index is 0.0322. The smallest absolute Gasteiger partial charge is 0.106 e. The van der Waals surface area contributed by atoms with Crippen molar-refractivity contribution in [2.24, 2.45) is 5.92 Å². The van der Waals surface area contributed by atoms with E-state index < -0.39 is 0 Å². The molecule has 2 aromatic rings. The first-order chi connectivity index (χ1) is 11.5. The van der Waals surface area contributed by atoms with Gasteiger partial charge in [-0.2, -0.15) is 0 Å². The summed E-state index contributed by atoms with van der Waals surface area (Å²) in [7, 11) is 4.29. The van der Waals surface area contributed by atoms with Crippen molar-refractivity contribution in [2.45, 2.75) is 18.8 Å². The molecule has 3 rings (SSSR count). The van der Waals surface area contributed by atoms with Crippen LogP contribution in [0.3, 0.4) is 0 Å². The van der Waals surface area contributed by atoms with Crippen molar-refractivity contribution in [3.05, 3.63) is 71.3 Å². The molecular weight excluding hydrogens is 312 g/mol. The van der Waals surface area contributed by atoms with E-state index in [0.717, 1.165) is 24.5 Å². The SMILES string of the molecule is CC(CN(C)C)CC1(c2ccccc2)CNC(=S)c2ccccc21. The molecule has 0 saturated heterocycles. The Hall–Kier alpha value is -1.71. The number of hydrogen-bond donors (Lipinski definition) is 1. The van der Waals surface area contributed by atoms with Gasteiger partial charge in [0.1, 0.15) is 4.99 Å². The summed E-state index contributed by atoms with van der Waals surface area (Å²) in [6.45, 7) is 4.30. The second-order valence-electron chi connectivity index (χ2n) is 7.25. The van der Waals surface area contributed by atoms with Crippen molar-refractivity contribution in [1.29, 1.82) is 0 Å². The molecule has 0 saturated carbocycles. The number of rotatable bonds is 5. The van der Waals surface area contributed by atoms with E-state index in [2.05, 4.69) is 85.8 Å². The predicted molar refractivity (Wildman–Crippen MR) is 106 cm³/mol. The Bertz CT molecular complexity index is 711. The van der Waals surface area contributed by atoms with Crippen LogP contribution in [0.4, 0.5) is 0 Å². The van der Waals surface area contributed by atoms with E-state index in [0.29, 0.717) is 5.92 Å². The molecule has 0 amide bonds. The van der Waals surface area contributed by atoms with Crippen molar-refractivity contribution >= 4 is 17.2 Å². The normalized spacial score (nSPS) is 21.2. The van der Waals surface area contributed by atoms with Gasteiger partial charge < -0.3 is 10.2 Å². The van der Waals surface area contributed by atoms with Crippen LogP contribution in [0.1, 0.15) is 30.0 Å². The highest BCUT2D eigenvalue weighted by atomic mass is 32.1. The standard InChI is InChI=1S/C21H26N2S/c1-16(14-23(2)3)13-21(17-9-5-4-6-10-17)15-22-20(24)18-11-7-8-12-19(18)21/h4-12,16H,13-15H2,1-3H3,(H,22,24). The molecule has 3 heteroatoms. The molecule has 0 aliphatic carbocycles. The van der Waals surface area contributed by atoms with Crippen molar-refractivity contribution in [1.82, 2.24) is 10.2 Å². The Morgan fingerprint density at radius 3 is 2.46 bits per heavy atom. The third kappa shape index (κ3) is 3.24.